The van der Waals surface area contributed by atoms with Crippen molar-refractivity contribution in [3.63, 3.8) is 0 Å². The predicted octanol–water partition coefficient (Wildman–Crippen LogP) is 1.98. The van der Waals surface area contributed by atoms with E-state index < -0.39 is 5.97 Å². The third-order valence-corrected chi connectivity index (χ3v) is 3.23. The Balaban J connectivity index is 2.39. The van der Waals surface area contributed by atoms with E-state index in [1.807, 2.05) is 6.92 Å². The maximum absolute atomic E-state index is 12.0. The van der Waals surface area contributed by atoms with Crippen molar-refractivity contribution in [2.45, 2.75) is 26.7 Å². The number of piperidine rings is 1. The molecule has 5 heteroatoms. The summed E-state index contributed by atoms with van der Waals surface area (Å²) < 4.78 is 0. The van der Waals surface area contributed by atoms with Crippen LogP contribution >= 0.6 is 0 Å². The van der Waals surface area contributed by atoms with E-state index in [9.17, 15) is 14.4 Å². The van der Waals surface area contributed by atoms with Crippen molar-refractivity contribution in [3.8, 4) is 0 Å². The van der Waals surface area contributed by atoms with Gasteiger partial charge in [-0.2, -0.15) is 0 Å². The second-order valence-corrected chi connectivity index (χ2v) is 4.94. The summed E-state index contributed by atoms with van der Waals surface area (Å²) in [6, 6.07) is 4.39. The van der Waals surface area contributed by atoms with Crippen molar-refractivity contribution >= 4 is 23.5 Å². The lowest BCUT2D eigenvalue weighted by Crippen LogP contribution is -2.43. The van der Waals surface area contributed by atoms with E-state index in [4.69, 9.17) is 5.11 Å². The molecular formula is C14H15NO4. The summed E-state index contributed by atoms with van der Waals surface area (Å²) in [5.41, 5.74) is 1.23. The number of carbonyl (C=O) groups is 3. The van der Waals surface area contributed by atoms with Crippen LogP contribution in [0.2, 0.25) is 0 Å². The molecule has 0 saturated carbocycles. The smallest absolute Gasteiger partial charge is 0.335 e. The van der Waals surface area contributed by atoms with E-state index in [0.29, 0.717) is 24.1 Å². The zero-order valence-corrected chi connectivity index (χ0v) is 10.8. The van der Waals surface area contributed by atoms with Gasteiger partial charge in [-0.3, -0.25) is 14.5 Å². The van der Waals surface area contributed by atoms with Crippen molar-refractivity contribution in [2.75, 3.05) is 4.90 Å². The largest absolute Gasteiger partial charge is 0.478 e. The minimum absolute atomic E-state index is 0.0647. The summed E-state index contributed by atoms with van der Waals surface area (Å²) in [5.74, 6) is -1.42. The monoisotopic (exact) mass is 261 g/mol. The average molecular weight is 261 g/mol. The molecule has 1 saturated heterocycles. The molecule has 1 heterocycles. The van der Waals surface area contributed by atoms with Crippen LogP contribution in [0.3, 0.4) is 0 Å². The number of imide groups is 1. The number of aryl methyl sites for hydroxylation is 1. The summed E-state index contributed by atoms with van der Waals surface area (Å²) in [5, 5.41) is 8.90. The number of benzene rings is 1. The third kappa shape index (κ3) is 2.50. The quantitative estimate of drug-likeness (QED) is 0.826. The molecular weight excluding hydrogens is 246 g/mol. The molecule has 2 rings (SSSR count). The highest BCUT2D eigenvalue weighted by Gasteiger charge is 2.32. The number of amides is 2. The van der Waals surface area contributed by atoms with Gasteiger partial charge in [0.05, 0.1) is 11.3 Å². The van der Waals surface area contributed by atoms with Crippen molar-refractivity contribution in [1.29, 1.82) is 0 Å². The van der Waals surface area contributed by atoms with Gasteiger partial charge < -0.3 is 5.11 Å². The fourth-order valence-electron chi connectivity index (χ4n) is 2.30. The molecule has 1 aromatic rings. The lowest BCUT2D eigenvalue weighted by molar-refractivity contribution is -0.130. The molecule has 1 aliphatic rings. The summed E-state index contributed by atoms with van der Waals surface area (Å²) in [6.45, 7) is 3.56. The Morgan fingerprint density at radius 1 is 1.26 bits per heavy atom. The van der Waals surface area contributed by atoms with Gasteiger partial charge in [-0.15, -0.1) is 0 Å². The number of hydrogen-bond acceptors (Lipinski definition) is 3. The van der Waals surface area contributed by atoms with Crippen LogP contribution in [0.1, 0.15) is 35.7 Å². The number of carboxylic acid groups (broad SMARTS) is 1. The Bertz CT molecular complexity index is 547. The second kappa shape index (κ2) is 4.84. The highest BCUT2D eigenvalue weighted by Crippen LogP contribution is 2.28. The third-order valence-electron chi connectivity index (χ3n) is 3.23. The van der Waals surface area contributed by atoms with Crippen molar-refractivity contribution in [2.24, 2.45) is 5.92 Å². The Morgan fingerprint density at radius 3 is 2.32 bits per heavy atom. The number of aromatic carboxylic acids is 1. The topological polar surface area (TPSA) is 74.7 Å². The molecule has 0 aromatic heterocycles. The fraction of sp³-hybridized carbons (Fsp3) is 0.357. The van der Waals surface area contributed by atoms with Gasteiger partial charge in [0, 0.05) is 12.8 Å². The maximum atomic E-state index is 12.0. The number of hydrogen-bond donors (Lipinski definition) is 1. The highest BCUT2D eigenvalue weighted by molar-refractivity contribution is 6.17. The molecule has 0 bridgehead atoms. The Morgan fingerprint density at radius 2 is 1.84 bits per heavy atom. The van der Waals surface area contributed by atoms with E-state index >= 15 is 0 Å². The summed E-state index contributed by atoms with van der Waals surface area (Å²) in [7, 11) is 0. The molecule has 5 nitrogen and oxygen atoms in total. The van der Waals surface area contributed by atoms with Crippen LogP contribution in [-0.2, 0) is 9.59 Å². The van der Waals surface area contributed by atoms with Gasteiger partial charge in [0.15, 0.2) is 0 Å². The van der Waals surface area contributed by atoms with Crippen LogP contribution in [0, 0.1) is 12.8 Å². The number of carboxylic acids is 1. The SMILES string of the molecule is Cc1cc(C(=O)O)ccc1N1C(=O)CC(C)CC1=O. The standard InChI is InChI=1S/C14H15NO4/c1-8-5-12(16)15(13(17)6-8)11-4-3-10(14(18)19)7-9(11)2/h3-4,7-8H,5-6H2,1-2H3,(H,18,19). The normalized spacial score (nSPS) is 16.8. The van der Waals surface area contributed by atoms with E-state index in [2.05, 4.69) is 0 Å². The number of rotatable bonds is 2. The molecule has 2 amide bonds. The predicted molar refractivity (Wildman–Crippen MR) is 69.0 cm³/mol. The minimum Gasteiger partial charge on any atom is -0.478 e. The minimum atomic E-state index is -1.03. The lowest BCUT2D eigenvalue weighted by atomic mass is 9.96. The number of nitrogens with zero attached hydrogens (tertiary/aromatic N) is 1. The first-order valence-corrected chi connectivity index (χ1v) is 6.10. The molecule has 1 fully saturated rings. The van der Waals surface area contributed by atoms with Gasteiger partial charge in [0.2, 0.25) is 11.8 Å². The molecule has 1 N–H and O–H groups in total. The van der Waals surface area contributed by atoms with Gasteiger partial charge in [-0.1, -0.05) is 6.92 Å². The first kappa shape index (κ1) is 13.3. The van der Waals surface area contributed by atoms with E-state index in [1.165, 1.54) is 23.1 Å². The molecule has 19 heavy (non-hydrogen) atoms. The molecule has 0 radical (unpaired) electrons. The van der Waals surface area contributed by atoms with E-state index in [1.54, 1.807) is 6.92 Å². The fourth-order valence-corrected chi connectivity index (χ4v) is 2.30. The Hall–Kier alpha value is -2.17. The van der Waals surface area contributed by atoms with E-state index in [0.717, 1.165) is 0 Å². The molecule has 0 atom stereocenters. The number of carbonyl (C=O) groups excluding carboxylic acids is 2. The van der Waals surface area contributed by atoms with Crippen LogP contribution < -0.4 is 4.90 Å². The zero-order valence-electron chi connectivity index (χ0n) is 10.8. The van der Waals surface area contributed by atoms with Gasteiger partial charge in [-0.05, 0) is 36.6 Å². The Labute approximate surface area is 110 Å². The van der Waals surface area contributed by atoms with Gasteiger partial charge in [-0.25, -0.2) is 4.79 Å². The van der Waals surface area contributed by atoms with Crippen LogP contribution in [0.25, 0.3) is 0 Å². The molecule has 0 unspecified atom stereocenters. The molecule has 1 aliphatic heterocycles. The van der Waals surface area contributed by atoms with Crippen LogP contribution in [0.4, 0.5) is 5.69 Å². The molecule has 1 aromatic carbocycles. The molecule has 0 aliphatic carbocycles. The number of anilines is 1. The Kier molecular flexibility index (Phi) is 3.38. The molecule has 0 spiro atoms. The first-order valence-electron chi connectivity index (χ1n) is 6.10. The summed E-state index contributed by atoms with van der Waals surface area (Å²) >= 11 is 0. The van der Waals surface area contributed by atoms with Crippen LogP contribution in [0.5, 0.6) is 0 Å². The van der Waals surface area contributed by atoms with Gasteiger partial charge >= 0.3 is 5.97 Å². The maximum Gasteiger partial charge on any atom is 0.335 e. The van der Waals surface area contributed by atoms with Gasteiger partial charge in [0.1, 0.15) is 0 Å². The summed E-state index contributed by atoms with van der Waals surface area (Å²) in [4.78, 5) is 36.0. The van der Waals surface area contributed by atoms with Crippen molar-refractivity contribution < 1.29 is 19.5 Å². The van der Waals surface area contributed by atoms with E-state index in [-0.39, 0.29) is 23.3 Å². The zero-order chi connectivity index (χ0) is 14.2. The van der Waals surface area contributed by atoms with Crippen molar-refractivity contribution in [1.82, 2.24) is 0 Å². The first-order chi connectivity index (χ1) is 8.90. The van der Waals surface area contributed by atoms with Gasteiger partial charge in [0.25, 0.3) is 0 Å². The molecule has 100 valence electrons. The summed E-state index contributed by atoms with van der Waals surface area (Å²) in [6.07, 6.45) is 0.678. The lowest BCUT2D eigenvalue weighted by Gasteiger charge is -2.29. The van der Waals surface area contributed by atoms with Crippen LogP contribution in [-0.4, -0.2) is 22.9 Å². The van der Waals surface area contributed by atoms with Crippen molar-refractivity contribution in [3.05, 3.63) is 29.3 Å². The highest BCUT2D eigenvalue weighted by atomic mass is 16.4. The average Bonchev–Trinajstić information content (AvgIpc) is 2.29. The second-order valence-electron chi connectivity index (χ2n) is 4.94. The van der Waals surface area contributed by atoms with Crippen LogP contribution in [0.15, 0.2) is 18.2 Å².